The number of aliphatic hydroxyl groups excluding tert-OH is 1. The smallest absolute Gasteiger partial charge is 0.326 e. The predicted molar refractivity (Wildman–Crippen MR) is 108 cm³/mol. The van der Waals surface area contributed by atoms with Crippen LogP contribution in [0, 0.1) is 0 Å². The van der Waals surface area contributed by atoms with Crippen molar-refractivity contribution < 1.29 is 44.1 Å². The second-order valence-electron chi connectivity index (χ2n) is 6.36. The highest BCUT2D eigenvalue weighted by molar-refractivity contribution is 7.98. The number of aliphatic carboxylic acids is 2. The number of amides is 4. The predicted octanol–water partition coefficient (Wildman–Crippen LogP) is -4.05. The third-order valence-electron chi connectivity index (χ3n) is 3.81. The molecule has 0 bridgehead atoms. The summed E-state index contributed by atoms with van der Waals surface area (Å²) in [5, 5.41) is 33.3. The summed E-state index contributed by atoms with van der Waals surface area (Å²) >= 11 is 1.34. The Bertz CT molecular complexity index is 690. The SMILES string of the molecule is CSCCC(NC(=O)C(CC(N)=O)NC(=O)C(CC(=O)O)NC(=O)C(N)CO)C(=O)O. The Kier molecular flexibility index (Phi) is 12.8. The summed E-state index contributed by atoms with van der Waals surface area (Å²) in [6.07, 6.45) is 0.190. The van der Waals surface area contributed by atoms with Crippen LogP contribution in [-0.2, 0) is 28.8 Å². The third-order valence-corrected chi connectivity index (χ3v) is 4.45. The molecule has 0 fully saturated rings. The Morgan fingerprint density at radius 2 is 1.35 bits per heavy atom. The van der Waals surface area contributed by atoms with Crippen molar-refractivity contribution in [1.29, 1.82) is 0 Å². The zero-order valence-corrected chi connectivity index (χ0v) is 17.5. The van der Waals surface area contributed by atoms with Gasteiger partial charge in [0.1, 0.15) is 24.2 Å². The number of carbonyl (C=O) groups excluding carboxylic acids is 4. The minimum Gasteiger partial charge on any atom is -0.481 e. The van der Waals surface area contributed by atoms with Crippen molar-refractivity contribution >= 4 is 47.3 Å². The molecule has 0 spiro atoms. The number of hydrogen-bond acceptors (Lipinski definition) is 9. The van der Waals surface area contributed by atoms with E-state index >= 15 is 0 Å². The average molecular weight is 465 g/mol. The molecule has 31 heavy (non-hydrogen) atoms. The molecule has 0 radical (unpaired) electrons. The van der Waals surface area contributed by atoms with E-state index in [0.29, 0.717) is 5.75 Å². The Hall–Kier alpha value is -2.91. The fourth-order valence-electron chi connectivity index (χ4n) is 2.19. The van der Waals surface area contributed by atoms with Crippen molar-refractivity contribution in [2.75, 3.05) is 18.6 Å². The number of carboxylic acids is 2. The highest BCUT2D eigenvalue weighted by atomic mass is 32.2. The van der Waals surface area contributed by atoms with Gasteiger partial charge in [0, 0.05) is 0 Å². The van der Waals surface area contributed by atoms with Crippen molar-refractivity contribution in [1.82, 2.24) is 16.0 Å². The van der Waals surface area contributed by atoms with E-state index in [0.717, 1.165) is 0 Å². The van der Waals surface area contributed by atoms with Crippen LogP contribution in [0.1, 0.15) is 19.3 Å². The van der Waals surface area contributed by atoms with Gasteiger partial charge in [-0.05, 0) is 18.4 Å². The lowest BCUT2D eigenvalue weighted by molar-refractivity contribution is -0.143. The summed E-state index contributed by atoms with van der Waals surface area (Å²) in [6, 6.07) is -6.05. The molecule has 4 amide bonds. The number of carboxylic acid groups (broad SMARTS) is 2. The molecule has 0 heterocycles. The van der Waals surface area contributed by atoms with E-state index in [4.69, 9.17) is 21.7 Å². The fraction of sp³-hybridized carbons (Fsp3) is 0.625. The van der Waals surface area contributed by atoms with E-state index in [1.54, 1.807) is 6.26 Å². The highest BCUT2D eigenvalue weighted by Gasteiger charge is 2.32. The van der Waals surface area contributed by atoms with Crippen LogP contribution in [-0.4, -0.2) is 93.7 Å². The summed E-state index contributed by atoms with van der Waals surface area (Å²) in [6.45, 7) is -0.771. The first-order valence-electron chi connectivity index (χ1n) is 8.92. The van der Waals surface area contributed by atoms with E-state index in [1.165, 1.54) is 11.8 Å². The molecule has 4 atom stereocenters. The molecule has 4 unspecified atom stereocenters. The molecule has 0 aliphatic rings. The molecule has 176 valence electrons. The zero-order chi connectivity index (χ0) is 24.1. The number of thioether (sulfide) groups is 1. The van der Waals surface area contributed by atoms with Gasteiger partial charge in [-0.2, -0.15) is 11.8 Å². The second-order valence-corrected chi connectivity index (χ2v) is 7.35. The lowest BCUT2D eigenvalue weighted by Crippen LogP contribution is -2.58. The average Bonchev–Trinajstić information content (AvgIpc) is 2.67. The van der Waals surface area contributed by atoms with Gasteiger partial charge in [0.15, 0.2) is 0 Å². The topological polar surface area (TPSA) is 251 Å². The van der Waals surface area contributed by atoms with Crippen molar-refractivity contribution in [2.45, 2.75) is 43.4 Å². The maximum absolute atomic E-state index is 12.5. The molecule has 14 nitrogen and oxygen atoms in total. The van der Waals surface area contributed by atoms with Gasteiger partial charge in [0.2, 0.25) is 23.6 Å². The fourth-order valence-corrected chi connectivity index (χ4v) is 2.67. The number of rotatable bonds is 15. The van der Waals surface area contributed by atoms with Gasteiger partial charge in [-0.25, -0.2) is 4.79 Å². The van der Waals surface area contributed by atoms with Crippen molar-refractivity contribution in [3.8, 4) is 0 Å². The molecule has 0 aliphatic heterocycles. The molecular formula is C16H27N5O9S. The first-order valence-corrected chi connectivity index (χ1v) is 10.3. The Morgan fingerprint density at radius 3 is 1.77 bits per heavy atom. The van der Waals surface area contributed by atoms with Crippen LogP contribution in [0.3, 0.4) is 0 Å². The van der Waals surface area contributed by atoms with Crippen LogP contribution < -0.4 is 27.4 Å². The molecular weight excluding hydrogens is 438 g/mol. The van der Waals surface area contributed by atoms with Gasteiger partial charge >= 0.3 is 11.9 Å². The van der Waals surface area contributed by atoms with Crippen LogP contribution in [0.15, 0.2) is 0 Å². The molecule has 0 aromatic heterocycles. The quantitative estimate of drug-likeness (QED) is 0.115. The van der Waals surface area contributed by atoms with Gasteiger partial charge in [-0.15, -0.1) is 0 Å². The van der Waals surface area contributed by atoms with Crippen LogP contribution >= 0.6 is 11.8 Å². The lowest BCUT2D eigenvalue weighted by atomic mass is 10.1. The van der Waals surface area contributed by atoms with Crippen LogP contribution in [0.5, 0.6) is 0 Å². The highest BCUT2D eigenvalue weighted by Crippen LogP contribution is 2.04. The van der Waals surface area contributed by atoms with Gasteiger partial charge < -0.3 is 42.7 Å². The Balaban J connectivity index is 5.46. The van der Waals surface area contributed by atoms with Crippen molar-refractivity contribution in [2.24, 2.45) is 11.5 Å². The third kappa shape index (κ3) is 11.2. The minimum atomic E-state index is -1.70. The van der Waals surface area contributed by atoms with Crippen molar-refractivity contribution in [3.05, 3.63) is 0 Å². The first-order chi connectivity index (χ1) is 14.4. The molecule has 0 rings (SSSR count). The Morgan fingerprint density at radius 1 is 0.871 bits per heavy atom. The molecule has 0 aromatic rings. The summed E-state index contributed by atoms with van der Waals surface area (Å²) in [4.78, 5) is 70.3. The number of primary amides is 1. The maximum Gasteiger partial charge on any atom is 0.326 e. The van der Waals surface area contributed by atoms with Gasteiger partial charge in [0.25, 0.3) is 0 Å². The second kappa shape index (κ2) is 14.2. The molecule has 0 aromatic carbocycles. The van der Waals surface area contributed by atoms with E-state index in [9.17, 15) is 33.9 Å². The molecule has 0 saturated heterocycles. The standard InChI is InChI=1S/C16H27N5O9S/c1-31-3-2-8(16(29)30)19-14(27)9(4-11(18)23)21-15(28)10(5-12(24)25)20-13(26)7(17)6-22/h7-10,22H,2-6,17H2,1H3,(H2,18,23)(H,19,27)(H,20,26)(H,21,28)(H,24,25)(H,29,30). The number of aliphatic hydroxyl groups is 1. The molecule has 10 N–H and O–H groups in total. The van der Waals surface area contributed by atoms with E-state index in [2.05, 4.69) is 10.6 Å². The summed E-state index contributed by atoms with van der Waals surface area (Å²) in [5.74, 6) is -6.62. The van der Waals surface area contributed by atoms with Gasteiger partial charge in [-0.1, -0.05) is 0 Å². The lowest BCUT2D eigenvalue weighted by Gasteiger charge is -2.24. The monoisotopic (exact) mass is 465 g/mol. The van der Waals surface area contributed by atoms with Crippen LogP contribution in [0.2, 0.25) is 0 Å². The van der Waals surface area contributed by atoms with Gasteiger partial charge in [-0.3, -0.25) is 24.0 Å². The largest absolute Gasteiger partial charge is 0.481 e. The van der Waals surface area contributed by atoms with E-state index in [1.807, 2.05) is 5.32 Å². The molecule has 0 aliphatic carbocycles. The normalized spacial score (nSPS) is 14.4. The van der Waals surface area contributed by atoms with E-state index in [-0.39, 0.29) is 6.42 Å². The minimum absolute atomic E-state index is 0.0657. The van der Waals surface area contributed by atoms with Crippen LogP contribution in [0.25, 0.3) is 0 Å². The number of hydrogen-bond donors (Lipinski definition) is 8. The number of nitrogens with two attached hydrogens (primary N) is 2. The first kappa shape index (κ1) is 28.1. The summed E-state index contributed by atoms with van der Waals surface area (Å²) in [7, 11) is 0. The summed E-state index contributed by atoms with van der Waals surface area (Å²) in [5.41, 5.74) is 10.4. The van der Waals surface area contributed by atoms with Gasteiger partial charge in [0.05, 0.1) is 19.4 Å². The number of carbonyl (C=O) groups is 6. The molecule has 0 saturated carbocycles. The maximum atomic E-state index is 12.5. The Labute approximate surface area is 181 Å². The summed E-state index contributed by atoms with van der Waals surface area (Å²) < 4.78 is 0. The van der Waals surface area contributed by atoms with Crippen LogP contribution in [0.4, 0.5) is 0 Å². The van der Waals surface area contributed by atoms with E-state index < -0.39 is 79.2 Å². The van der Waals surface area contributed by atoms with Crippen molar-refractivity contribution in [3.63, 3.8) is 0 Å². The number of nitrogens with one attached hydrogen (secondary N) is 3. The zero-order valence-electron chi connectivity index (χ0n) is 16.7. The molecule has 15 heteroatoms.